The molecule has 0 bridgehead atoms. The maximum atomic E-state index is 12.9. The Hall–Kier alpha value is -4.08. The van der Waals surface area contributed by atoms with Crippen LogP contribution in [0.4, 0.5) is 15.3 Å². The molecule has 0 aliphatic carbocycles. The lowest BCUT2D eigenvalue weighted by Crippen LogP contribution is -2.47. The van der Waals surface area contributed by atoms with Gasteiger partial charge in [0.15, 0.2) is 0 Å². The first-order valence-corrected chi connectivity index (χ1v) is 10.5. The number of methoxy groups -OCH3 is 1. The van der Waals surface area contributed by atoms with Gasteiger partial charge >= 0.3 is 18.2 Å². The largest absolute Gasteiger partial charge is 0.465 e. The van der Waals surface area contributed by atoms with Gasteiger partial charge in [0.25, 0.3) is 0 Å². The van der Waals surface area contributed by atoms with E-state index in [0.717, 1.165) is 23.7 Å². The van der Waals surface area contributed by atoms with Gasteiger partial charge in [0.2, 0.25) is 0 Å². The van der Waals surface area contributed by atoms with E-state index in [4.69, 9.17) is 9.47 Å². The minimum absolute atomic E-state index is 0.284. The van der Waals surface area contributed by atoms with Gasteiger partial charge in [0.05, 0.1) is 30.4 Å². The predicted molar refractivity (Wildman–Crippen MR) is 119 cm³/mol. The molecule has 172 valence electrons. The molecule has 2 heterocycles. The standard InChI is InChI=1S/C23H24N4O6/c1-32-21(28)15-6-4-5-14(11-15)20(19-7-2-3-10-27(19)23(30)31)33-22(29)25-17-8-9-18-16(12-17)13-24-26-18/h4-6,8-9,11-13,19-20H,2-3,7,10H2,1H3,(H,24,26)(H,25,29)(H,30,31)/t19-,20?/m0/s1. The lowest BCUT2D eigenvalue weighted by Gasteiger charge is -2.38. The van der Waals surface area contributed by atoms with Gasteiger partial charge in [-0.3, -0.25) is 10.4 Å². The molecule has 10 nitrogen and oxygen atoms in total. The Labute approximate surface area is 189 Å². The Morgan fingerprint density at radius 1 is 1.21 bits per heavy atom. The Balaban J connectivity index is 1.62. The summed E-state index contributed by atoms with van der Waals surface area (Å²) in [5.74, 6) is -0.535. The van der Waals surface area contributed by atoms with E-state index in [1.165, 1.54) is 12.0 Å². The van der Waals surface area contributed by atoms with E-state index in [1.807, 2.05) is 0 Å². The Bertz CT molecular complexity index is 1180. The van der Waals surface area contributed by atoms with Crippen molar-refractivity contribution in [3.8, 4) is 0 Å². The molecule has 1 fully saturated rings. The number of fused-ring (bicyclic) bond motifs is 1. The molecule has 0 saturated carbocycles. The smallest absolute Gasteiger partial charge is 0.412 e. The summed E-state index contributed by atoms with van der Waals surface area (Å²) in [7, 11) is 1.28. The normalized spacial score (nSPS) is 16.8. The molecule has 2 atom stereocenters. The molecule has 3 aromatic rings. The number of aromatic amines is 1. The van der Waals surface area contributed by atoms with Crippen molar-refractivity contribution in [1.29, 1.82) is 0 Å². The first-order chi connectivity index (χ1) is 16.0. The molecule has 10 heteroatoms. The van der Waals surface area contributed by atoms with Crippen molar-refractivity contribution in [3.63, 3.8) is 0 Å². The van der Waals surface area contributed by atoms with E-state index >= 15 is 0 Å². The van der Waals surface area contributed by atoms with Crippen LogP contribution in [0, 0.1) is 0 Å². The number of carbonyl (C=O) groups is 3. The quantitative estimate of drug-likeness (QED) is 0.495. The zero-order chi connectivity index (χ0) is 23.4. The summed E-state index contributed by atoms with van der Waals surface area (Å²) in [5, 5.41) is 20.0. The summed E-state index contributed by atoms with van der Waals surface area (Å²) in [5.41, 5.74) is 2.13. The van der Waals surface area contributed by atoms with Crippen LogP contribution in [0.2, 0.25) is 0 Å². The number of carbonyl (C=O) groups excluding carboxylic acids is 2. The van der Waals surface area contributed by atoms with Crippen LogP contribution in [0.25, 0.3) is 10.9 Å². The zero-order valence-corrected chi connectivity index (χ0v) is 18.0. The lowest BCUT2D eigenvalue weighted by molar-refractivity contribution is 0.0177. The molecule has 1 aliphatic rings. The van der Waals surface area contributed by atoms with Gasteiger partial charge in [-0.15, -0.1) is 0 Å². The molecule has 1 saturated heterocycles. The molecule has 2 amide bonds. The summed E-state index contributed by atoms with van der Waals surface area (Å²) in [6, 6.07) is 11.1. The number of nitrogens with one attached hydrogen (secondary N) is 2. The van der Waals surface area contributed by atoms with Crippen molar-refractivity contribution in [3.05, 3.63) is 59.8 Å². The van der Waals surface area contributed by atoms with Crippen molar-refractivity contribution in [2.24, 2.45) is 0 Å². The van der Waals surface area contributed by atoms with E-state index in [0.29, 0.717) is 24.2 Å². The molecular formula is C23H24N4O6. The summed E-state index contributed by atoms with van der Waals surface area (Å²) in [4.78, 5) is 38.1. The van der Waals surface area contributed by atoms with Gasteiger partial charge in [0, 0.05) is 17.6 Å². The average Bonchev–Trinajstić information content (AvgIpc) is 3.30. The van der Waals surface area contributed by atoms with E-state index in [2.05, 4.69) is 15.5 Å². The van der Waals surface area contributed by atoms with Crippen molar-refractivity contribution in [2.75, 3.05) is 19.0 Å². The third-order valence-corrected chi connectivity index (χ3v) is 5.70. The highest BCUT2D eigenvalue weighted by Crippen LogP contribution is 2.33. The van der Waals surface area contributed by atoms with Crippen LogP contribution in [0.1, 0.15) is 41.3 Å². The van der Waals surface area contributed by atoms with Crippen LogP contribution in [0.3, 0.4) is 0 Å². The van der Waals surface area contributed by atoms with Crippen molar-refractivity contribution in [1.82, 2.24) is 15.1 Å². The van der Waals surface area contributed by atoms with Gasteiger partial charge < -0.3 is 19.5 Å². The number of nitrogens with zero attached hydrogens (tertiary/aromatic N) is 2. The summed E-state index contributed by atoms with van der Waals surface area (Å²) in [6.45, 7) is 0.343. The summed E-state index contributed by atoms with van der Waals surface area (Å²) < 4.78 is 10.6. The van der Waals surface area contributed by atoms with Gasteiger partial charge in [-0.1, -0.05) is 12.1 Å². The Morgan fingerprint density at radius 2 is 2.06 bits per heavy atom. The van der Waals surface area contributed by atoms with Crippen molar-refractivity contribution in [2.45, 2.75) is 31.4 Å². The molecule has 1 aliphatic heterocycles. The molecule has 33 heavy (non-hydrogen) atoms. The van der Waals surface area contributed by atoms with Gasteiger partial charge in [-0.2, -0.15) is 5.10 Å². The van der Waals surface area contributed by atoms with Gasteiger partial charge in [-0.25, -0.2) is 14.4 Å². The highest BCUT2D eigenvalue weighted by molar-refractivity contribution is 5.90. The van der Waals surface area contributed by atoms with Crippen LogP contribution in [0.15, 0.2) is 48.7 Å². The van der Waals surface area contributed by atoms with E-state index in [-0.39, 0.29) is 5.56 Å². The number of hydrogen-bond donors (Lipinski definition) is 3. The topological polar surface area (TPSA) is 134 Å². The zero-order valence-electron chi connectivity index (χ0n) is 18.0. The van der Waals surface area contributed by atoms with Gasteiger partial charge in [-0.05, 0) is 55.2 Å². The second kappa shape index (κ2) is 9.60. The van der Waals surface area contributed by atoms with Gasteiger partial charge in [0.1, 0.15) is 6.10 Å². The fourth-order valence-electron chi connectivity index (χ4n) is 4.12. The number of carboxylic acid groups (broad SMARTS) is 1. The number of anilines is 1. The molecule has 3 N–H and O–H groups in total. The first-order valence-electron chi connectivity index (χ1n) is 10.5. The number of likely N-dealkylation sites (tertiary alicyclic amines) is 1. The fourth-order valence-corrected chi connectivity index (χ4v) is 4.12. The maximum Gasteiger partial charge on any atom is 0.412 e. The molecule has 0 spiro atoms. The van der Waals surface area contributed by atoms with E-state index < -0.39 is 30.3 Å². The highest BCUT2D eigenvalue weighted by atomic mass is 16.6. The number of esters is 1. The van der Waals surface area contributed by atoms with Crippen molar-refractivity contribution >= 4 is 34.7 Å². The number of aromatic nitrogens is 2. The summed E-state index contributed by atoms with van der Waals surface area (Å²) in [6.07, 6.45) is 0.959. The van der Waals surface area contributed by atoms with E-state index in [9.17, 15) is 19.5 Å². The predicted octanol–water partition coefficient (Wildman–Crippen LogP) is 4.17. The monoisotopic (exact) mass is 452 g/mol. The molecule has 2 aromatic carbocycles. The van der Waals surface area contributed by atoms with E-state index in [1.54, 1.807) is 48.7 Å². The molecular weight excluding hydrogens is 428 g/mol. The third kappa shape index (κ3) is 4.89. The van der Waals surface area contributed by atoms with Crippen LogP contribution in [0.5, 0.6) is 0 Å². The second-order valence-electron chi connectivity index (χ2n) is 7.78. The lowest BCUT2D eigenvalue weighted by atomic mass is 9.92. The van der Waals surface area contributed by atoms with Crippen LogP contribution in [-0.4, -0.2) is 58.1 Å². The molecule has 1 aromatic heterocycles. The summed E-state index contributed by atoms with van der Waals surface area (Å²) >= 11 is 0. The molecule has 1 unspecified atom stereocenters. The van der Waals surface area contributed by atoms with Crippen LogP contribution >= 0.6 is 0 Å². The molecule has 0 radical (unpaired) electrons. The SMILES string of the molecule is COC(=O)c1cccc(C(OC(=O)Nc2ccc3[nH]ncc3c2)[C@@H]2CCCCN2C(=O)O)c1. The highest BCUT2D eigenvalue weighted by Gasteiger charge is 2.36. The Kier molecular flexibility index (Phi) is 6.43. The minimum Gasteiger partial charge on any atom is -0.465 e. The Morgan fingerprint density at radius 3 is 2.85 bits per heavy atom. The number of H-pyrrole nitrogens is 1. The average molecular weight is 452 g/mol. The second-order valence-corrected chi connectivity index (χ2v) is 7.78. The molecule has 4 rings (SSSR count). The number of ether oxygens (including phenoxy) is 2. The third-order valence-electron chi connectivity index (χ3n) is 5.70. The maximum absolute atomic E-state index is 12.9. The number of piperidine rings is 1. The first kappa shape index (κ1) is 22.1. The van der Waals surface area contributed by atoms with Crippen LogP contribution in [-0.2, 0) is 9.47 Å². The van der Waals surface area contributed by atoms with Crippen LogP contribution < -0.4 is 5.32 Å². The van der Waals surface area contributed by atoms with Crippen molar-refractivity contribution < 1.29 is 29.0 Å². The fraction of sp³-hybridized carbons (Fsp3) is 0.304. The number of rotatable bonds is 5. The number of hydrogen-bond acceptors (Lipinski definition) is 6. The number of amides is 2. The minimum atomic E-state index is -1.08. The number of benzene rings is 2.